The second-order valence-electron chi connectivity index (χ2n) is 8.64. The fourth-order valence-electron chi connectivity index (χ4n) is 5.22. The van der Waals surface area contributed by atoms with Crippen LogP contribution in [-0.4, -0.2) is 43.2 Å². The second-order valence-corrected chi connectivity index (χ2v) is 8.64. The van der Waals surface area contributed by atoms with Crippen molar-refractivity contribution >= 4 is 11.6 Å². The number of hydrogen-bond donors (Lipinski definition) is 1. The number of pyridine rings is 1. The Balaban J connectivity index is 1.49. The molecule has 1 N–H and O–H groups in total. The Morgan fingerprint density at radius 2 is 2.08 bits per heavy atom. The number of amides is 1. The summed E-state index contributed by atoms with van der Waals surface area (Å²) in [6, 6.07) is 4.15. The molecular weight excluding hydrogens is 314 g/mol. The van der Waals surface area contributed by atoms with Gasteiger partial charge in [0.1, 0.15) is 5.69 Å². The average molecular weight is 343 g/mol. The maximum Gasteiger partial charge on any atom is 0.270 e. The highest BCUT2D eigenvalue weighted by Crippen LogP contribution is 2.65. The molecule has 1 aromatic heterocycles. The first-order valence-electron chi connectivity index (χ1n) is 9.51. The van der Waals surface area contributed by atoms with Gasteiger partial charge in [-0.25, -0.2) is 0 Å². The van der Waals surface area contributed by atoms with Gasteiger partial charge in [0.2, 0.25) is 0 Å². The van der Waals surface area contributed by atoms with E-state index in [1.54, 1.807) is 6.20 Å². The molecule has 1 aromatic rings. The van der Waals surface area contributed by atoms with Crippen LogP contribution in [0.2, 0.25) is 0 Å². The van der Waals surface area contributed by atoms with Crippen LogP contribution in [0.4, 0.5) is 5.69 Å². The molecule has 0 spiro atoms. The minimum atomic E-state index is -0.0373. The fraction of sp³-hybridized carbons (Fsp3) is 0.700. The number of carbonyl (C=O) groups excluding carboxylic acids is 1. The highest BCUT2D eigenvalue weighted by atomic mass is 16.5. The van der Waals surface area contributed by atoms with E-state index in [0.717, 1.165) is 44.3 Å². The van der Waals surface area contributed by atoms with Crippen molar-refractivity contribution in [3.05, 3.63) is 24.0 Å². The first kappa shape index (κ1) is 16.8. The van der Waals surface area contributed by atoms with E-state index in [-0.39, 0.29) is 17.4 Å². The van der Waals surface area contributed by atoms with Crippen LogP contribution in [0.3, 0.4) is 0 Å². The summed E-state index contributed by atoms with van der Waals surface area (Å²) in [6.45, 7) is 10.3. The molecule has 2 saturated carbocycles. The van der Waals surface area contributed by atoms with Gasteiger partial charge in [-0.1, -0.05) is 20.8 Å². The van der Waals surface area contributed by atoms with Crippen LogP contribution >= 0.6 is 0 Å². The summed E-state index contributed by atoms with van der Waals surface area (Å²) in [7, 11) is 0. The minimum absolute atomic E-state index is 0.0373. The molecule has 5 heteroatoms. The summed E-state index contributed by atoms with van der Waals surface area (Å²) in [5, 5.41) is 3.31. The van der Waals surface area contributed by atoms with Crippen molar-refractivity contribution in [2.24, 2.45) is 16.7 Å². The number of ether oxygens (including phenoxy) is 1. The van der Waals surface area contributed by atoms with Crippen molar-refractivity contribution in [2.75, 3.05) is 31.2 Å². The normalized spacial score (nSPS) is 33.5. The summed E-state index contributed by atoms with van der Waals surface area (Å²) in [6.07, 6.45) is 5.34. The van der Waals surface area contributed by atoms with Crippen LogP contribution in [-0.2, 0) is 4.74 Å². The Kier molecular flexibility index (Phi) is 4.02. The Morgan fingerprint density at radius 1 is 1.32 bits per heavy atom. The van der Waals surface area contributed by atoms with Crippen molar-refractivity contribution in [3.63, 3.8) is 0 Å². The number of rotatable bonds is 3. The molecule has 1 saturated heterocycles. The monoisotopic (exact) mass is 343 g/mol. The lowest BCUT2D eigenvalue weighted by Gasteiger charge is -2.39. The SMILES string of the molecule is CC1(C)C2CCC1(C)C(NC(=O)c1cc(N3CCOCC3)ccn1)C2. The van der Waals surface area contributed by atoms with E-state index in [1.807, 2.05) is 12.1 Å². The molecule has 2 bridgehead atoms. The molecule has 136 valence electrons. The highest BCUT2D eigenvalue weighted by Gasteiger charge is 2.61. The molecule has 0 radical (unpaired) electrons. The standard InChI is InChI=1S/C20H29N3O2/c1-19(2)14-4-6-20(19,3)17(12-14)22-18(24)16-13-15(5-7-21-16)23-8-10-25-11-9-23/h5,7,13-14,17H,4,6,8-12H2,1-3H3,(H,22,24). The molecule has 4 rings (SSSR count). The summed E-state index contributed by atoms with van der Waals surface area (Å²) in [5.74, 6) is 0.681. The molecule has 3 fully saturated rings. The van der Waals surface area contributed by atoms with Gasteiger partial charge in [-0.3, -0.25) is 9.78 Å². The topological polar surface area (TPSA) is 54.5 Å². The van der Waals surface area contributed by atoms with Crippen molar-refractivity contribution < 1.29 is 9.53 Å². The number of fused-ring (bicyclic) bond motifs is 2. The van der Waals surface area contributed by atoms with Crippen LogP contribution in [0.15, 0.2) is 18.3 Å². The lowest BCUT2D eigenvalue weighted by atomic mass is 9.69. The Morgan fingerprint density at radius 3 is 2.72 bits per heavy atom. The molecule has 3 atom stereocenters. The largest absolute Gasteiger partial charge is 0.378 e. The summed E-state index contributed by atoms with van der Waals surface area (Å²) >= 11 is 0. The fourth-order valence-corrected chi connectivity index (χ4v) is 5.22. The van der Waals surface area contributed by atoms with Crippen LogP contribution in [0.25, 0.3) is 0 Å². The number of carbonyl (C=O) groups is 1. The van der Waals surface area contributed by atoms with Crippen LogP contribution in [0.1, 0.15) is 50.5 Å². The summed E-state index contributed by atoms with van der Waals surface area (Å²) in [5.41, 5.74) is 2.07. The van der Waals surface area contributed by atoms with E-state index in [9.17, 15) is 4.79 Å². The summed E-state index contributed by atoms with van der Waals surface area (Å²) < 4.78 is 5.41. The molecule has 2 heterocycles. The van der Waals surface area contributed by atoms with Crippen molar-refractivity contribution in [1.82, 2.24) is 10.3 Å². The van der Waals surface area contributed by atoms with Gasteiger partial charge in [-0.15, -0.1) is 0 Å². The number of morpholine rings is 1. The first-order valence-corrected chi connectivity index (χ1v) is 9.51. The molecule has 3 unspecified atom stereocenters. The van der Waals surface area contributed by atoms with Gasteiger partial charge in [-0.2, -0.15) is 0 Å². The van der Waals surface area contributed by atoms with E-state index >= 15 is 0 Å². The van der Waals surface area contributed by atoms with Gasteiger partial charge in [0.05, 0.1) is 13.2 Å². The number of aromatic nitrogens is 1. The Bertz CT molecular complexity index is 669. The van der Waals surface area contributed by atoms with Crippen molar-refractivity contribution in [2.45, 2.75) is 46.1 Å². The molecule has 2 aliphatic carbocycles. The van der Waals surface area contributed by atoms with Crippen LogP contribution < -0.4 is 10.2 Å². The zero-order valence-electron chi connectivity index (χ0n) is 15.5. The zero-order valence-corrected chi connectivity index (χ0v) is 15.5. The van der Waals surface area contributed by atoms with Gasteiger partial charge < -0.3 is 15.0 Å². The van der Waals surface area contributed by atoms with Gasteiger partial charge in [0.25, 0.3) is 5.91 Å². The lowest BCUT2D eigenvalue weighted by Crippen LogP contribution is -2.47. The molecule has 25 heavy (non-hydrogen) atoms. The number of nitrogens with one attached hydrogen (secondary N) is 1. The van der Waals surface area contributed by atoms with E-state index in [2.05, 4.69) is 36.0 Å². The molecule has 3 aliphatic rings. The maximum atomic E-state index is 12.8. The third-order valence-corrected chi connectivity index (χ3v) is 7.45. The molecule has 5 nitrogen and oxygen atoms in total. The molecule has 1 aliphatic heterocycles. The van der Waals surface area contributed by atoms with Gasteiger partial charge in [-0.05, 0) is 48.1 Å². The third-order valence-electron chi connectivity index (χ3n) is 7.45. The average Bonchev–Trinajstić information content (AvgIpc) is 2.96. The number of nitrogens with zero attached hydrogens (tertiary/aromatic N) is 2. The first-order chi connectivity index (χ1) is 11.9. The maximum absolute atomic E-state index is 12.8. The smallest absolute Gasteiger partial charge is 0.270 e. The van der Waals surface area contributed by atoms with Gasteiger partial charge >= 0.3 is 0 Å². The summed E-state index contributed by atoms with van der Waals surface area (Å²) in [4.78, 5) is 19.4. The number of hydrogen-bond acceptors (Lipinski definition) is 4. The van der Waals surface area contributed by atoms with Crippen LogP contribution in [0, 0.1) is 16.7 Å². The molecule has 1 amide bonds. The highest BCUT2D eigenvalue weighted by molar-refractivity contribution is 5.93. The Labute approximate surface area is 150 Å². The van der Waals surface area contributed by atoms with Gasteiger partial charge in [0, 0.05) is 31.0 Å². The van der Waals surface area contributed by atoms with E-state index < -0.39 is 0 Å². The van der Waals surface area contributed by atoms with Crippen molar-refractivity contribution in [1.29, 1.82) is 0 Å². The molecular formula is C20H29N3O2. The lowest BCUT2D eigenvalue weighted by molar-refractivity contribution is 0.0821. The quantitative estimate of drug-likeness (QED) is 0.917. The minimum Gasteiger partial charge on any atom is -0.378 e. The van der Waals surface area contributed by atoms with Gasteiger partial charge in [0.15, 0.2) is 0 Å². The Hall–Kier alpha value is -1.62. The third kappa shape index (κ3) is 2.64. The van der Waals surface area contributed by atoms with E-state index in [0.29, 0.717) is 11.1 Å². The second kappa shape index (κ2) is 5.97. The van der Waals surface area contributed by atoms with E-state index in [1.165, 1.54) is 12.8 Å². The zero-order chi connectivity index (χ0) is 17.7. The van der Waals surface area contributed by atoms with Crippen LogP contribution in [0.5, 0.6) is 0 Å². The van der Waals surface area contributed by atoms with Crippen molar-refractivity contribution in [3.8, 4) is 0 Å². The van der Waals surface area contributed by atoms with E-state index in [4.69, 9.17) is 4.74 Å². The molecule has 0 aromatic carbocycles. The number of anilines is 1. The predicted molar refractivity (Wildman–Crippen MR) is 97.8 cm³/mol. The predicted octanol–water partition coefficient (Wildman–Crippen LogP) is 2.86.